The average molecular weight is 524 g/mol. The summed E-state index contributed by atoms with van der Waals surface area (Å²) in [7, 11) is 0. The summed E-state index contributed by atoms with van der Waals surface area (Å²) < 4.78 is 5.63. The van der Waals surface area contributed by atoms with Gasteiger partial charge in [-0.1, -0.05) is 105 Å². The van der Waals surface area contributed by atoms with Crippen LogP contribution in [0.25, 0.3) is 0 Å². The number of nitriles is 1. The summed E-state index contributed by atoms with van der Waals surface area (Å²) in [6.07, 6.45) is 2.00. The molecule has 1 N–H and O–H groups in total. The molecule has 6 heteroatoms. The summed E-state index contributed by atoms with van der Waals surface area (Å²) in [6, 6.07) is 31.1. The average Bonchev–Trinajstić information content (AvgIpc) is 3.48. The minimum Gasteiger partial charge on any atom is -0.449 e. The molecule has 0 saturated carbocycles. The van der Waals surface area contributed by atoms with Gasteiger partial charge in [0, 0.05) is 6.54 Å². The number of hydrogen-bond acceptors (Lipinski definition) is 4. The molecule has 39 heavy (non-hydrogen) atoms. The van der Waals surface area contributed by atoms with Crippen molar-refractivity contribution in [3.8, 4) is 6.07 Å². The second kappa shape index (κ2) is 13.1. The normalized spacial score (nSPS) is 16.5. The summed E-state index contributed by atoms with van der Waals surface area (Å²) in [6.45, 7) is 4.78. The van der Waals surface area contributed by atoms with Crippen molar-refractivity contribution in [1.29, 1.82) is 5.26 Å². The Hall–Kier alpha value is -4.11. The van der Waals surface area contributed by atoms with Gasteiger partial charge in [0.2, 0.25) is 5.91 Å². The van der Waals surface area contributed by atoms with Crippen molar-refractivity contribution in [2.24, 2.45) is 5.92 Å². The van der Waals surface area contributed by atoms with Gasteiger partial charge in [0.15, 0.2) is 0 Å². The fraction of sp³-hybridized carbons (Fsp3) is 0.364. The molecule has 1 aliphatic rings. The van der Waals surface area contributed by atoms with Crippen LogP contribution < -0.4 is 5.32 Å². The third-order valence-electron chi connectivity index (χ3n) is 7.76. The maximum absolute atomic E-state index is 13.5. The minimum absolute atomic E-state index is 0.106. The Labute approximate surface area is 231 Å². The lowest BCUT2D eigenvalue weighted by Gasteiger charge is -2.31. The second-order valence-corrected chi connectivity index (χ2v) is 10.4. The predicted octanol–water partition coefficient (Wildman–Crippen LogP) is 6.39. The first-order valence-electron chi connectivity index (χ1n) is 13.8. The van der Waals surface area contributed by atoms with Crippen LogP contribution >= 0.6 is 0 Å². The number of carbonyl (C=O) groups is 2. The highest BCUT2D eigenvalue weighted by atomic mass is 16.6. The molecule has 6 nitrogen and oxygen atoms in total. The van der Waals surface area contributed by atoms with Crippen LogP contribution in [0.15, 0.2) is 91.0 Å². The molecule has 2 amide bonds. The van der Waals surface area contributed by atoms with Gasteiger partial charge in [-0.2, -0.15) is 5.26 Å². The number of carbonyl (C=O) groups excluding carboxylic acids is 2. The Balaban J connectivity index is 1.37. The summed E-state index contributed by atoms with van der Waals surface area (Å²) in [5.74, 6) is -0.0797. The highest BCUT2D eigenvalue weighted by Gasteiger charge is 2.37. The van der Waals surface area contributed by atoms with Crippen molar-refractivity contribution < 1.29 is 14.3 Å². The Morgan fingerprint density at radius 2 is 1.54 bits per heavy atom. The Morgan fingerprint density at radius 3 is 2.08 bits per heavy atom. The van der Waals surface area contributed by atoms with Gasteiger partial charge in [-0.3, -0.25) is 9.69 Å². The van der Waals surface area contributed by atoms with Crippen molar-refractivity contribution in [3.63, 3.8) is 0 Å². The molecule has 2 atom stereocenters. The van der Waals surface area contributed by atoms with Crippen LogP contribution in [0.2, 0.25) is 0 Å². The molecular formula is C33H37N3O3. The van der Waals surface area contributed by atoms with E-state index in [4.69, 9.17) is 4.74 Å². The fourth-order valence-corrected chi connectivity index (χ4v) is 5.49. The quantitative estimate of drug-likeness (QED) is 0.312. The zero-order chi connectivity index (χ0) is 27.7. The van der Waals surface area contributed by atoms with Gasteiger partial charge in [0.25, 0.3) is 0 Å². The Bertz CT molecular complexity index is 1220. The highest BCUT2D eigenvalue weighted by Crippen LogP contribution is 2.36. The largest absolute Gasteiger partial charge is 0.449 e. The van der Waals surface area contributed by atoms with E-state index in [1.165, 1.54) is 0 Å². The molecule has 1 fully saturated rings. The van der Waals surface area contributed by atoms with Crippen molar-refractivity contribution >= 4 is 12.0 Å². The van der Waals surface area contributed by atoms with E-state index in [2.05, 4.69) is 11.4 Å². The first-order chi connectivity index (χ1) is 19.0. The van der Waals surface area contributed by atoms with Crippen molar-refractivity contribution in [3.05, 3.63) is 108 Å². The summed E-state index contributed by atoms with van der Waals surface area (Å²) in [5, 5.41) is 13.3. The molecule has 0 radical (unpaired) electrons. The van der Waals surface area contributed by atoms with E-state index in [9.17, 15) is 14.9 Å². The van der Waals surface area contributed by atoms with E-state index in [-0.39, 0.29) is 24.5 Å². The molecule has 202 valence electrons. The van der Waals surface area contributed by atoms with Gasteiger partial charge >= 0.3 is 6.09 Å². The van der Waals surface area contributed by atoms with Crippen molar-refractivity contribution in [2.45, 2.75) is 57.0 Å². The molecule has 0 bridgehead atoms. The van der Waals surface area contributed by atoms with Crippen molar-refractivity contribution in [2.75, 3.05) is 13.2 Å². The molecule has 0 spiro atoms. The molecule has 1 saturated heterocycles. The summed E-state index contributed by atoms with van der Waals surface area (Å²) in [4.78, 5) is 28.0. The van der Waals surface area contributed by atoms with Crippen LogP contribution in [-0.2, 0) is 14.9 Å². The predicted molar refractivity (Wildman–Crippen MR) is 152 cm³/mol. The Morgan fingerprint density at radius 1 is 0.974 bits per heavy atom. The SMILES string of the molecule is CC(C)C(C#N)(CCCOC(=O)N1CCC[C@@H]1C(=O)NC(c1ccccc1)c1ccccc1)c1ccccc1. The van der Waals surface area contributed by atoms with Crippen LogP contribution in [0.4, 0.5) is 4.79 Å². The van der Waals surface area contributed by atoms with Gasteiger partial charge in [0.05, 0.1) is 24.1 Å². The zero-order valence-corrected chi connectivity index (χ0v) is 22.8. The van der Waals surface area contributed by atoms with E-state index in [1.54, 1.807) is 4.90 Å². The van der Waals surface area contributed by atoms with Crippen molar-refractivity contribution in [1.82, 2.24) is 10.2 Å². The third kappa shape index (κ3) is 6.49. The third-order valence-corrected chi connectivity index (χ3v) is 7.76. The lowest BCUT2D eigenvalue weighted by Crippen LogP contribution is -2.47. The monoisotopic (exact) mass is 523 g/mol. The van der Waals surface area contributed by atoms with Gasteiger partial charge in [-0.05, 0) is 48.3 Å². The van der Waals surface area contributed by atoms with Crippen LogP contribution in [0, 0.1) is 17.2 Å². The molecule has 0 aliphatic carbocycles. The molecule has 3 aromatic carbocycles. The number of hydrogen-bond donors (Lipinski definition) is 1. The van der Waals surface area contributed by atoms with Gasteiger partial charge in [-0.15, -0.1) is 0 Å². The number of amides is 2. The maximum atomic E-state index is 13.5. The summed E-state index contributed by atoms with van der Waals surface area (Å²) >= 11 is 0. The van der Waals surface area contributed by atoms with Gasteiger partial charge in [-0.25, -0.2) is 4.79 Å². The first-order valence-corrected chi connectivity index (χ1v) is 13.8. The number of nitrogens with one attached hydrogen (secondary N) is 1. The van der Waals surface area contributed by atoms with E-state index in [1.807, 2.05) is 105 Å². The van der Waals surface area contributed by atoms with Gasteiger partial charge < -0.3 is 10.1 Å². The van der Waals surface area contributed by atoms with E-state index in [0.29, 0.717) is 25.8 Å². The lowest BCUT2D eigenvalue weighted by atomic mass is 9.70. The highest BCUT2D eigenvalue weighted by molar-refractivity contribution is 5.86. The van der Waals surface area contributed by atoms with E-state index in [0.717, 1.165) is 23.1 Å². The topological polar surface area (TPSA) is 82.4 Å². The number of likely N-dealkylation sites (tertiary alicyclic amines) is 1. The first kappa shape index (κ1) is 27.9. The maximum Gasteiger partial charge on any atom is 0.410 e. The smallest absolute Gasteiger partial charge is 0.410 e. The zero-order valence-electron chi connectivity index (χ0n) is 22.8. The number of rotatable bonds is 10. The number of nitrogens with zero attached hydrogens (tertiary/aromatic N) is 2. The van der Waals surface area contributed by atoms with E-state index >= 15 is 0 Å². The molecule has 0 aromatic heterocycles. The molecular weight excluding hydrogens is 486 g/mol. The number of benzene rings is 3. The molecule has 3 aromatic rings. The van der Waals surface area contributed by atoms with Crippen LogP contribution in [0.5, 0.6) is 0 Å². The molecule has 1 aliphatic heterocycles. The second-order valence-electron chi connectivity index (χ2n) is 10.4. The lowest BCUT2D eigenvalue weighted by molar-refractivity contribution is -0.125. The standard InChI is InChI=1S/C33H37N3O3/c1-25(2)33(24-34,28-18-10-5-11-19-28)21-13-23-39-32(38)36-22-12-20-29(36)31(37)35-30(26-14-6-3-7-15-26)27-16-8-4-9-17-27/h3-11,14-19,25,29-30H,12-13,20-23H2,1-2H3,(H,35,37)/t29-,33?/m1/s1. The Kier molecular flexibility index (Phi) is 9.38. The van der Waals surface area contributed by atoms with E-state index < -0.39 is 17.6 Å². The van der Waals surface area contributed by atoms with Crippen LogP contribution in [-0.4, -0.2) is 36.1 Å². The molecule has 1 unspecified atom stereocenters. The van der Waals surface area contributed by atoms with Crippen LogP contribution in [0.1, 0.15) is 62.3 Å². The molecule has 4 rings (SSSR count). The minimum atomic E-state index is -0.645. The summed E-state index contributed by atoms with van der Waals surface area (Å²) in [5.41, 5.74) is 2.30. The number of ether oxygens (including phenoxy) is 1. The fourth-order valence-electron chi connectivity index (χ4n) is 5.49. The van der Waals surface area contributed by atoms with Gasteiger partial charge in [0.1, 0.15) is 6.04 Å². The van der Waals surface area contributed by atoms with Crippen LogP contribution in [0.3, 0.4) is 0 Å². The molecule has 1 heterocycles.